The number of benzene rings is 1. The van der Waals surface area contributed by atoms with Gasteiger partial charge in [-0.15, -0.1) is 0 Å². The summed E-state index contributed by atoms with van der Waals surface area (Å²) < 4.78 is 6.00. The molecule has 1 aliphatic heterocycles. The molecule has 0 saturated carbocycles. The number of para-hydroxylation sites is 1. The van der Waals surface area contributed by atoms with Gasteiger partial charge in [0.15, 0.2) is 5.11 Å². The van der Waals surface area contributed by atoms with Gasteiger partial charge in [0.05, 0.1) is 0 Å². The largest absolute Gasteiger partial charge is 0.439 e. The molecule has 160 valence electrons. The Hall–Kier alpha value is -3.26. The average molecular weight is 435 g/mol. The van der Waals surface area contributed by atoms with Crippen LogP contribution in [0.4, 0.5) is 11.8 Å². The van der Waals surface area contributed by atoms with E-state index in [0.717, 1.165) is 43.1 Å². The number of hydrogen-bond donors (Lipinski definition) is 2. The zero-order valence-electron chi connectivity index (χ0n) is 17.3. The fourth-order valence-corrected chi connectivity index (χ4v) is 3.59. The SMILES string of the molecule is S=C(NCc1cccnc1)Nc1nc(Oc2ccccc2)cc(N2CCCCCC2)n1. The Morgan fingerprint density at radius 2 is 1.81 bits per heavy atom. The first-order valence-electron chi connectivity index (χ1n) is 10.6. The first kappa shape index (κ1) is 21.0. The molecule has 0 bridgehead atoms. The van der Waals surface area contributed by atoms with E-state index in [1.807, 2.05) is 48.5 Å². The van der Waals surface area contributed by atoms with E-state index in [9.17, 15) is 0 Å². The molecule has 0 aliphatic carbocycles. The van der Waals surface area contributed by atoms with E-state index in [0.29, 0.717) is 23.5 Å². The minimum Gasteiger partial charge on any atom is -0.439 e. The molecule has 8 heteroatoms. The van der Waals surface area contributed by atoms with Crippen molar-refractivity contribution in [2.24, 2.45) is 0 Å². The van der Waals surface area contributed by atoms with Crippen molar-refractivity contribution in [3.8, 4) is 11.6 Å². The summed E-state index contributed by atoms with van der Waals surface area (Å²) in [5.74, 6) is 2.47. The first-order chi connectivity index (χ1) is 15.3. The molecule has 1 fully saturated rings. The number of rotatable bonds is 6. The summed E-state index contributed by atoms with van der Waals surface area (Å²) in [7, 11) is 0. The summed E-state index contributed by atoms with van der Waals surface area (Å²) in [6, 6.07) is 15.4. The van der Waals surface area contributed by atoms with Gasteiger partial charge in [-0.25, -0.2) is 0 Å². The van der Waals surface area contributed by atoms with E-state index < -0.39 is 0 Å². The van der Waals surface area contributed by atoms with Gasteiger partial charge in [0.2, 0.25) is 11.8 Å². The average Bonchev–Trinajstić information content (AvgIpc) is 3.09. The summed E-state index contributed by atoms with van der Waals surface area (Å²) >= 11 is 5.45. The molecule has 0 radical (unpaired) electrons. The van der Waals surface area contributed by atoms with E-state index in [4.69, 9.17) is 21.9 Å². The fraction of sp³-hybridized carbons (Fsp3) is 0.304. The van der Waals surface area contributed by atoms with E-state index in [1.165, 1.54) is 12.8 Å². The Balaban J connectivity index is 1.51. The molecule has 31 heavy (non-hydrogen) atoms. The van der Waals surface area contributed by atoms with Gasteiger partial charge in [0.25, 0.3) is 0 Å². The number of hydrogen-bond acceptors (Lipinski definition) is 6. The number of pyridine rings is 1. The Labute approximate surface area is 187 Å². The predicted octanol–water partition coefficient (Wildman–Crippen LogP) is 4.53. The molecule has 3 aromatic rings. The standard InChI is InChI=1S/C23H26N6OS/c31-23(25-17-18-9-8-12-24-16-18)28-22-26-20(29-13-6-1-2-7-14-29)15-21(27-22)30-19-10-4-3-5-11-19/h3-5,8-12,15-16H,1-2,6-7,13-14,17H2,(H2,25,26,27,28,31). The predicted molar refractivity (Wildman–Crippen MR) is 127 cm³/mol. The molecule has 2 aromatic heterocycles. The van der Waals surface area contributed by atoms with Gasteiger partial charge < -0.3 is 20.3 Å². The van der Waals surface area contributed by atoms with Crippen LogP contribution in [-0.2, 0) is 6.54 Å². The van der Waals surface area contributed by atoms with Crippen molar-refractivity contribution in [1.82, 2.24) is 20.3 Å². The van der Waals surface area contributed by atoms with Gasteiger partial charge in [0.1, 0.15) is 11.6 Å². The highest BCUT2D eigenvalue weighted by molar-refractivity contribution is 7.80. The van der Waals surface area contributed by atoms with Crippen LogP contribution in [-0.4, -0.2) is 33.2 Å². The third-order valence-corrected chi connectivity index (χ3v) is 5.23. The highest BCUT2D eigenvalue weighted by atomic mass is 32.1. The lowest BCUT2D eigenvalue weighted by molar-refractivity contribution is 0.462. The molecule has 0 amide bonds. The van der Waals surface area contributed by atoms with E-state index in [2.05, 4.69) is 25.5 Å². The number of ether oxygens (including phenoxy) is 1. The van der Waals surface area contributed by atoms with Crippen molar-refractivity contribution in [2.75, 3.05) is 23.3 Å². The van der Waals surface area contributed by atoms with Crippen LogP contribution in [0.2, 0.25) is 0 Å². The molecule has 0 unspecified atom stereocenters. The highest BCUT2D eigenvalue weighted by Gasteiger charge is 2.15. The van der Waals surface area contributed by atoms with Crippen LogP contribution in [0.15, 0.2) is 60.9 Å². The van der Waals surface area contributed by atoms with Gasteiger partial charge in [-0.05, 0) is 48.8 Å². The minimum atomic E-state index is 0.413. The lowest BCUT2D eigenvalue weighted by Crippen LogP contribution is -2.30. The van der Waals surface area contributed by atoms with Crippen LogP contribution < -0.4 is 20.3 Å². The van der Waals surface area contributed by atoms with Gasteiger partial charge in [-0.3, -0.25) is 4.98 Å². The molecule has 4 rings (SSSR count). The summed E-state index contributed by atoms with van der Waals surface area (Å²) in [6.07, 6.45) is 8.37. The Kier molecular flexibility index (Phi) is 7.23. The number of thiocarbonyl (C=S) groups is 1. The first-order valence-corrected chi connectivity index (χ1v) is 11.0. The second-order valence-corrected chi connectivity index (χ2v) is 7.78. The van der Waals surface area contributed by atoms with Crippen LogP contribution >= 0.6 is 12.2 Å². The Morgan fingerprint density at radius 3 is 2.55 bits per heavy atom. The van der Waals surface area contributed by atoms with Gasteiger partial charge >= 0.3 is 0 Å². The van der Waals surface area contributed by atoms with Crippen molar-refractivity contribution in [2.45, 2.75) is 32.2 Å². The summed E-state index contributed by atoms with van der Waals surface area (Å²) in [5, 5.41) is 6.72. The van der Waals surface area contributed by atoms with Crippen molar-refractivity contribution in [3.63, 3.8) is 0 Å². The molecular weight excluding hydrogens is 408 g/mol. The van der Waals surface area contributed by atoms with Crippen LogP contribution in [0.5, 0.6) is 11.6 Å². The minimum absolute atomic E-state index is 0.413. The number of aromatic nitrogens is 3. The normalized spacial score (nSPS) is 13.9. The zero-order valence-corrected chi connectivity index (χ0v) is 18.1. The van der Waals surface area contributed by atoms with Gasteiger partial charge in [-0.2, -0.15) is 9.97 Å². The summed E-state index contributed by atoms with van der Waals surface area (Å²) in [4.78, 5) is 15.7. The quantitative estimate of drug-likeness (QED) is 0.548. The third kappa shape index (κ3) is 6.36. The zero-order chi connectivity index (χ0) is 21.3. The monoisotopic (exact) mass is 434 g/mol. The lowest BCUT2D eigenvalue weighted by atomic mass is 10.2. The molecule has 0 atom stereocenters. The molecule has 7 nitrogen and oxygen atoms in total. The highest BCUT2D eigenvalue weighted by Crippen LogP contribution is 2.26. The second kappa shape index (κ2) is 10.7. The summed E-state index contributed by atoms with van der Waals surface area (Å²) in [6.45, 7) is 2.52. The van der Waals surface area contributed by atoms with Crippen LogP contribution in [0, 0.1) is 0 Å². The molecule has 1 aromatic carbocycles. The number of nitrogens with one attached hydrogen (secondary N) is 2. The van der Waals surface area contributed by atoms with Crippen LogP contribution in [0.1, 0.15) is 31.2 Å². The molecule has 2 N–H and O–H groups in total. The molecule has 1 aliphatic rings. The third-order valence-electron chi connectivity index (χ3n) is 4.99. The van der Waals surface area contributed by atoms with Gasteiger partial charge in [-0.1, -0.05) is 37.1 Å². The molecule has 3 heterocycles. The topological polar surface area (TPSA) is 75.2 Å². The smallest absolute Gasteiger partial charge is 0.234 e. The molecule has 1 saturated heterocycles. The summed E-state index contributed by atoms with van der Waals surface area (Å²) in [5.41, 5.74) is 1.04. The maximum atomic E-state index is 6.00. The van der Waals surface area contributed by atoms with E-state index >= 15 is 0 Å². The van der Waals surface area contributed by atoms with Crippen molar-refractivity contribution in [1.29, 1.82) is 0 Å². The van der Waals surface area contributed by atoms with Gasteiger partial charge in [0, 0.05) is 38.1 Å². The van der Waals surface area contributed by atoms with Crippen molar-refractivity contribution in [3.05, 3.63) is 66.5 Å². The fourth-order valence-electron chi connectivity index (χ4n) is 3.42. The van der Waals surface area contributed by atoms with E-state index in [-0.39, 0.29) is 0 Å². The second-order valence-electron chi connectivity index (χ2n) is 7.37. The van der Waals surface area contributed by atoms with Crippen LogP contribution in [0.3, 0.4) is 0 Å². The van der Waals surface area contributed by atoms with Crippen molar-refractivity contribution < 1.29 is 4.74 Å². The molecule has 0 spiro atoms. The Bertz CT molecular complexity index is 978. The van der Waals surface area contributed by atoms with E-state index in [1.54, 1.807) is 12.4 Å². The van der Waals surface area contributed by atoms with Crippen molar-refractivity contribution >= 4 is 29.1 Å². The Morgan fingerprint density at radius 1 is 1.00 bits per heavy atom. The maximum Gasteiger partial charge on any atom is 0.234 e. The van der Waals surface area contributed by atoms with Crippen LogP contribution in [0.25, 0.3) is 0 Å². The molecular formula is C23H26N6OS. The number of anilines is 2. The lowest BCUT2D eigenvalue weighted by Gasteiger charge is -2.22. The number of nitrogens with zero attached hydrogens (tertiary/aromatic N) is 4. The maximum absolute atomic E-state index is 6.00.